The molecule has 116 valence electrons. The van der Waals surface area contributed by atoms with Gasteiger partial charge >= 0.3 is 0 Å². The van der Waals surface area contributed by atoms with Crippen molar-refractivity contribution < 1.29 is 8.42 Å². The maximum absolute atomic E-state index is 12.6. The molecule has 0 spiro atoms. The zero-order chi connectivity index (χ0) is 15.5. The zero-order valence-corrected chi connectivity index (χ0v) is 14.6. The molecule has 3 N–H and O–H groups in total. The Hall–Kier alpha value is -0.600. The second kappa shape index (κ2) is 7.11. The Balaban J connectivity index is 2.31. The standard InChI is InChI=1S/C14H20N2O2S3/c1-10(19-2)7-8-16-21(17,18)14-11-5-3-4-6-12(11)20-13(14)9-15/h3-6,10,16H,7-9,15H2,1-2H3. The third kappa shape index (κ3) is 3.78. The van der Waals surface area contributed by atoms with Crippen LogP contribution in [-0.2, 0) is 16.6 Å². The summed E-state index contributed by atoms with van der Waals surface area (Å²) >= 11 is 3.18. The first kappa shape index (κ1) is 16.8. The molecular formula is C14H20N2O2S3. The minimum Gasteiger partial charge on any atom is -0.326 e. The van der Waals surface area contributed by atoms with Gasteiger partial charge in [-0.05, 0) is 18.7 Å². The Kier molecular flexibility index (Phi) is 5.67. The summed E-state index contributed by atoms with van der Waals surface area (Å²) in [4.78, 5) is 1.06. The number of thiophene rings is 1. The summed E-state index contributed by atoms with van der Waals surface area (Å²) in [5.74, 6) is 0. The number of benzene rings is 1. The predicted molar refractivity (Wildman–Crippen MR) is 92.5 cm³/mol. The lowest BCUT2D eigenvalue weighted by Crippen LogP contribution is -2.27. The first-order chi connectivity index (χ1) is 9.99. The van der Waals surface area contributed by atoms with E-state index in [1.165, 1.54) is 11.3 Å². The SMILES string of the molecule is CSC(C)CCNS(=O)(=O)c1c(CN)sc2ccccc12. The molecule has 1 unspecified atom stereocenters. The van der Waals surface area contributed by atoms with Crippen LogP contribution in [0.2, 0.25) is 0 Å². The normalized spacial score (nSPS) is 13.7. The van der Waals surface area contributed by atoms with Crippen molar-refractivity contribution in [1.82, 2.24) is 4.72 Å². The number of nitrogens with one attached hydrogen (secondary N) is 1. The van der Waals surface area contributed by atoms with E-state index in [0.717, 1.165) is 16.5 Å². The van der Waals surface area contributed by atoms with E-state index in [4.69, 9.17) is 5.73 Å². The second-order valence-electron chi connectivity index (χ2n) is 4.79. The van der Waals surface area contributed by atoms with Gasteiger partial charge in [-0.3, -0.25) is 0 Å². The Morgan fingerprint density at radius 3 is 2.76 bits per heavy atom. The highest BCUT2D eigenvalue weighted by atomic mass is 32.2. The molecule has 1 atom stereocenters. The smallest absolute Gasteiger partial charge is 0.242 e. The van der Waals surface area contributed by atoms with Crippen LogP contribution in [0.15, 0.2) is 29.2 Å². The van der Waals surface area contributed by atoms with Crippen LogP contribution >= 0.6 is 23.1 Å². The molecule has 0 saturated carbocycles. The van der Waals surface area contributed by atoms with E-state index in [0.29, 0.717) is 21.6 Å². The lowest BCUT2D eigenvalue weighted by atomic mass is 10.2. The Labute approximate surface area is 134 Å². The maximum Gasteiger partial charge on any atom is 0.242 e. The number of rotatable bonds is 7. The summed E-state index contributed by atoms with van der Waals surface area (Å²) in [6, 6.07) is 7.52. The minimum absolute atomic E-state index is 0.233. The van der Waals surface area contributed by atoms with Crippen molar-refractivity contribution in [2.75, 3.05) is 12.8 Å². The zero-order valence-electron chi connectivity index (χ0n) is 12.1. The molecule has 1 heterocycles. The quantitative estimate of drug-likeness (QED) is 0.810. The lowest BCUT2D eigenvalue weighted by Gasteiger charge is -2.10. The van der Waals surface area contributed by atoms with Crippen molar-refractivity contribution in [2.24, 2.45) is 5.73 Å². The Morgan fingerprint density at radius 2 is 2.10 bits per heavy atom. The van der Waals surface area contributed by atoms with Gasteiger partial charge in [0.15, 0.2) is 0 Å². The number of hydrogen-bond acceptors (Lipinski definition) is 5. The highest BCUT2D eigenvalue weighted by molar-refractivity contribution is 7.99. The largest absolute Gasteiger partial charge is 0.326 e. The van der Waals surface area contributed by atoms with Gasteiger partial charge in [-0.2, -0.15) is 11.8 Å². The summed E-state index contributed by atoms with van der Waals surface area (Å²) in [6.07, 6.45) is 2.83. The van der Waals surface area contributed by atoms with Gasteiger partial charge in [-0.25, -0.2) is 13.1 Å². The molecule has 1 aromatic carbocycles. The van der Waals surface area contributed by atoms with Crippen LogP contribution in [0.3, 0.4) is 0 Å². The van der Waals surface area contributed by atoms with Gasteiger partial charge in [0, 0.05) is 33.3 Å². The van der Waals surface area contributed by atoms with Crippen molar-refractivity contribution in [3.63, 3.8) is 0 Å². The van der Waals surface area contributed by atoms with E-state index in [-0.39, 0.29) is 6.54 Å². The first-order valence-electron chi connectivity index (χ1n) is 6.72. The summed E-state index contributed by atoms with van der Waals surface area (Å²) in [6.45, 7) is 2.76. The molecule has 4 nitrogen and oxygen atoms in total. The second-order valence-corrected chi connectivity index (χ2v) is 8.90. The van der Waals surface area contributed by atoms with Crippen LogP contribution in [0.25, 0.3) is 10.1 Å². The molecule has 0 aliphatic rings. The molecule has 0 fully saturated rings. The van der Waals surface area contributed by atoms with E-state index in [2.05, 4.69) is 11.6 Å². The summed E-state index contributed by atoms with van der Waals surface area (Å²) in [7, 11) is -3.52. The molecule has 0 saturated heterocycles. The van der Waals surface area contributed by atoms with Crippen molar-refractivity contribution in [1.29, 1.82) is 0 Å². The maximum atomic E-state index is 12.6. The Morgan fingerprint density at radius 1 is 1.38 bits per heavy atom. The molecule has 2 rings (SSSR count). The fraction of sp³-hybridized carbons (Fsp3) is 0.429. The fourth-order valence-electron chi connectivity index (χ4n) is 2.09. The number of hydrogen-bond donors (Lipinski definition) is 2. The van der Waals surface area contributed by atoms with Crippen molar-refractivity contribution in [3.05, 3.63) is 29.1 Å². The number of thioether (sulfide) groups is 1. The number of nitrogens with two attached hydrogens (primary N) is 1. The van der Waals surface area contributed by atoms with Crippen molar-refractivity contribution in [3.8, 4) is 0 Å². The van der Waals surface area contributed by atoms with Gasteiger partial charge in [0.05, 0.1) is 0 Å². The van der Waals surface area contributed by atoms with Crippen molar-refractivity contribution >= 4 is 43.2 Å². The molecule has 0 amide bonds. The number of sulfonamides is 1. The van der Waals surface area contributed by atoms with Crippen LogP contribution in [0, 0.1) is 0 Å². The third-order valence-electron chi connectivity index (χ3n) is 3.32. The van der Waals surface area contributed by atoms with E-state index in [1.54, 1.807) is 11.8 Å². The summed E-state index contributed by atoms with van der Waals surface area (Å²) in [5, 5.41) is 1.19. The van der Waals surface area contributed by atoms with Crippen LogP contribution in [0.4, 0.5) is 0 Å². The molecule has 7 heteroatoms. The van der Waals surface area contributed by atoms with Gasteiger partial charge in [-0.15, -0.1) is 11.3 Å². The van der Waals surface area contributed by atoms with Crippen molar-refractivity contribution in [2.45, 2.75) is 30.0 Å². The van der Waals surface area contributed by atoms with Crippen LogP contribution in [0.1, 0.15) is 18.2 Å². The molecule has 0 bridgehead atoms. The highest BCUT2D eigenvalue weighted by Crippen LogP contribution is 2.34. The van der Waals surface area contributed by atoms with Crippen LogP contribution in [0.5, 0.6) is 0 Å². The summed E-state index contributed by atoms with van der Waals surface area (Å²) in [5.41, 5.74) is 5.72. The van der Waals surface area contributed by atoms with E-state index < -0.39 is 10.0 Å². The van der Waals surface area contributed by atoms with Gasteiger partial charge < -0.3 is 5.73 Å². The highest BCUT2D eigenvalue weighted by Gasteiger charge is 2.23. The molecule has 0 radical (unpaired) electrons. The predicted octanol–water partition coefficient (Wildman–Crippen LogP) is 2.78. The molecule has 1 aromatic heterocycles. The monoisotopic (exact) mass is 344 g/mol. The van der Waals surface area contributed by atoms with Crippen LogP contribution < -0.4 is 10.5 Å². The Bertz CT molecular complexity index is 710. The van der Waals surface area contributed by atoms with Gasteiger partial charge in [0.2, 0.25) is 10.0 Å². The van der Waals surface area contributed by atoms with E-state index >= 15 is 0 Å². The first-order valence-corrected chi connectivity index (χ1v) is 10.3. The third-order valence-corrected chi connectivity index (χ3v) is 7.27. The molecular weight excluding hydrogens is 324 g/mol. The molecule has 21 heavy (non-hydrogen) atoms. The summed E-state index contributed by atoms with van der Waals surface area (Å²) < 4.78 is 28.8. The van der Waals surface area contributed by atoms with Gasteiger partial charge in [0.1, 0.15) is 4.90 Å². The number of fused-ring (bicyclic) bond motifs is 1. The lowest BCUT2D eigenvalue weighted by molar-refractivity contribution is 0.579. The van der Waals surface area contributed by atoms with E-state index in [9.17, 15) is 8.42 Å². The molecule has 0 aliphatic heterocycles. The van der Waals surface area contributed by atoms with Gasteiger partial charge in [0.25, 0.3) is 0 Å². The average Bonchev–Trinajstić information content (AvgIpc) is 2.86. The average molecular weight is 345 g/mol. The molecule has 0 aliphatic carbocycles. The minimum atomic E-state index is -3.52. The molecule has 2 aromatic rings. The fourth-order valence-corrected chi connectivity index (χ4v) is 5.32. The van der Waals surface area contributed by atoms with E-state index in [1.807, 2.05) is 30.5 Å². The topological polar surface area (TPSA) is 72.2 Å². The van der Waals surface area contributed by atoms with Gasteiger partial charge in [-0.1, -0.05) is 25.1 Å². The van der Waals surface area contributed by atoms with Crippen LogP contribution in [-0.4, -0.2) is 26.5 Å².